The van der Waals surface area contributed by atoms with Crippen molar-refractivity contribution in [1.29, 1.82) is 0 Å². The van der Waals surface area contributed by atoms with Crippen LogP contribution < -0.4 is 20.7 Å². The Morgan fingerprint density at radius 3 is 2.28 bits per heavy atom. The Kier molecular flexibility index (Phi) is 17.9. The molecule has 4 rings (SSSR count). The smallest absolute Gasteiger partial charge is 0.227 e. The fraction of sp³-hybridized carbons (Fsp3) is 0.811. The second kappa shape index (κ2) is 21.8. The number of hydrogen-bond donors (Lipinski definition) is 6. The molecule has 3 fully saturated rings. The van der Waals surface area contributed by atoms with Gasteiger partial charge >= 0.3 is 0 Å². The van der Waals surface area contributed by atoms with Crippen LogP contribution in [0, 0.1) is 23.5 Å². The molecule has 0 saturated carbocycles. The maximum atomic E-state index is 15.0. The van der Waals surface area contributed by atoms with Crippen molar-refractivity contribution in [3.63, 3.8) is 0 Å². The van der Waals surface area contributed by atoms with Crippen molar-refractivity contribution in [2.75, 3.05) is 78.8 Å². The molecule has 0 spiro atoms. The summed E-state index contributed by atoms with van der Waals surface area (Å²) in [5, 5.41) is 38.8. The summed E-state index contributed by atoms with van der Waals surface area (Å²) in [4.78, 5) is 17.1. The summed E-state index contributed by atoms with van der Waals surface area (Å²) >= 11 is 6.60. The highest BCUT2D eigenvalue weighted by molar-refractivity contribution is 6.21. The Morgan fingerprint density at radius 1 is 0.920 bits per heavy atom. The summed E-state index contributed by atoms with van der Waals surface area (Å²) in [7, 11) is 0. The van der Waals surface area contributed by atoms with Crippen molar-refractivity contribution >= 4 is 17.5 Å². The summed E-state index contributed by atoms with van der Waals surface area (Å²) in [5.41, 5.74) is -1.46. The number of rotatable bonds is 14. The van der Waals surface area contributed by atoms with Crippen LogP contribution in [0.3, 0.4) is 0 Å². The summed E-state index contributed by atoms with van der Waals surface area (Å²) in [5.74, 6) is -1.19. The van der Waals surface area contributed by atoms with Crippen molar-refractivity contribution < 1.29 is 33.6 Å². The average molecular weight is 730 g/mol. The number of alkyl halides is 1. The molecule has 3 atom stereocenters. The Morgan fingerprint density at radius 2 is 1.58 bits per heavy atom. The lowest BCUT2D eigenvalue weighted by molar-refractivity contribution is -0.129. The lowest BCUT2D eigenvalue weighted by Crippen LogP contribution is -2.56. The molecule has 0 aromatic heterocycles. The monoisotopic (exact) mass is 729 g/mol. The SMILES string of the molecule is O=C(Cc1c(F)cc(OCCCC2CCN(C3CCCCCCCCNCC(Cl)CN3)CC2)cc1F)N1CC[C@@H](CNC(CO)(CO)CO)C1. The highest BCUT2D eigenvalue weighted by Crippen LogP contribution is 2.27. The Labute approximate surface area is 302 Å². The van der Waals surface area contributed by atoms with E-state index in [0.29, 0.717) is 44.7 Å². The van der Waals surface area contributed by atoms with Gasteiger partial charge in [0.2, 0.25) is 5.91 Å². The topological polar surface area (TPSA) is 130 Å². The molecule has 13 heteroatoms. The minimum Gasteiger partial charge on any atom is -0.493 e. The van der Waals surface area contributed by atoms with Crippen LogP contribution in [0.1, 0.15) is 82.6 Å². The Bertz CT molecular complexity index is 1110. The molecule has 50 heavy (non-hydrogen) atoms. The minimum atomic E-state index is -1.19. The van der Waals surface area contributed by atoms with Crippen molar-refractivity contribution in [1.82, 2.24) is 25.8 Å². The van der Waals surface area contributed by atoms with Gasteiger partial charge in [-0.05, 0) is 76.4 Å². The van der Waals surface area contributed by atoms with Gasteiger partial charge in [0.15, 0.2) is 0 Å². The van der Waals surface area contributed by atoms with E-state index in [0.717, 1.165) is 64.8 Å². The van der Waals surface area contributed by atoms with Gasteiger partial charge < -0.3 is 40.9 Å². The third-order valence-corrected chi connectivity index (χ3v) is 11.2. The number of halogens is 3. The first-order valence-corrected chi connectivity index (χ1v) is 19.5. The van der Waals surface area contributed by atoms with E-state index in [9.17, 15) is 28.9 Å². The first kappa shape index (κ1) is 41.1. The fourth-order valence-corrected chi connectivity index (χ4v) is 7.62. The molecular weight excluding hydrogens is 668 g/mol. The number of ether oxygens (including phenoxy) is 1. The van der Waals surface area contributed by atoms with Crippen LogP contribution in [0.5, 0.6) is 5.75 Å². The van der Waals surface area contributed by atoms with Gasteiger partial charge in [0.25, 0.3) is 0 Å². The van der Waals surface area contributed by atoms with Crippen LogP contribution in [0.25, 0.3) is 0 Å². The van der Waals surface area contributed by atoms with Gasteiger partial charge in [-0.3, -0.25) is 9.69 Å². The van der Waals surface area contributed by atoms with Gasteiger partial charge in [0.05, 0.1) is 49.9 Å². The normalized spacial score (nSPS) is 24.3. The van der Waals surface area contributed by atoms with Crippen LogP contribution in [-0.2, 0) is 11.2 Å². The predicted octanol–water partition coefficient (Wildman–Crippen LogP) is 3.39. The first-order valence-electron chi connectivity index (χ1n) is 19.0. The second-order valence-electron chi connectivity index (χ2n) is 14.8. The molecular formula is C37H62ClF2N5O5. The van der Waals surface area contributed by atoms with E-state index in [1.54, 1.807) is 4.90 Å². The zero-order valence-corrected chi connectivity index (χ0v) is 30.6. The van der Waals surface area contributed by atoms with Gasteiger partial charge in [-0.2, -0.15) is 0 Å². The van der Waals surface area contributed by atoms with E-state index in [1.165, 1.54) is 50.7 Å². The van der Waals surface area contributed by atoms with Crippen molar-refractivity contribution in [3.8, 4) is 5.75 Å². The predicted molar refractivity (Wildman–Crippen MR) is 192 cm³/mol. The molecule has 0 aliphatic carbocycles. The fourth-order valence-electron chi connectivity index (χ4n) is 7.42. The van der Waals surface area contributed by atoms with E-state index in [2.05, 4.69) is 20.9 Å². The van der Waals surface area contributed by atoms with Crippen LogP contribution in [0.2, 0.25) is 0 Å². The number of carbonyl (C=O) groups excluding carboxylic acids is 1. The van der Waals surface area contributed by atoms with Crippen molar-refractivity contribution in [2.24, 2.45) is 11.8 Å². The van der Waals surface area contributed by atoms with Gasteiger partial charge in [0.1, 0.15) is 17.4 Å². The molecule has 2 unspecified atom stereocenters. The molecule has 1 aromatic rings. The molecule has 1 aromatic carbocycles. The maximum absolute atomic E-state index is 15.0. The van der Waals surface area contributed by atoms with E-state index in [-0.39, 0.29) is 34.9 Å². The van der Waals surface area contributed by atoms with Crippen molar-refractivity contribution in [2.45, 2.75) is 101 Å². The molecule has 3 aliphatic heterocycles. The quantitative estimate of drug-likeness (QED) is 0.126. The Hall–Kier alpha value is -1.64. The number of hydrogen-bond acceptors (Lipinski definition) is 9. The number of nitrogens with zero attached hydrogens (tertiary/aromatic N) is 2. The number of piperidine rings is 1. The van der Waals surface area contributed by atoms with Gasteiger partial charge in [-0.1, -0.05) is 32.1 Å². The maximum Gasteiger partial charge on any atom is 0.227 e. The summed E-state index contributed by atoms with van der Waals surface area (Å²) < 4.78 is 35.7. The number of carbonyl (C=O) groups is 1. The molecule has 3 saturated heterocycles. The van der Waals surface area contributed by atoms with Crippen LogP contribution in [0.15, 0.2) is 12.1 Å². The Balaban J connectivity index is 1.15. The first-order chi connectivity index (χ1) is 24.3. The number of benzene rings is 1. The molecule has 10 nitrogen and oxygen atoms in total. The minimum absolute atomic E-state index is 0.0271. The lowest BCUT2D eigenvalue weighted by atomic mass is 9.91. The van der Waals surface area contributed by atoms with Crippen LogP contribution >= 0.6 is 11.6 Å². The standard InChI is InChI=1S/C37H62ClF2N5O5/c38-30-22-41-13-6-4-2-1-3-5-9-35(42-23-30)44-14-10-28(11-15-44)8-7-17-50-31-18-33(39)32(34(40)19-31)20-36(49)45-16-12-29(24-45)21-43-37(25-46,26-47)27-48/h18-19,28-30,35,41-43,46-48H,1-17,20-27H2/t29-,30?,35?/m0/s1. The second-order valence-corrected chi connectivity index (χ2v) is 15.4. The van der Waals surface area contributed by atoms with E-state index in [4.69, 9.17) is 16.3 Å². The number of likely N-dealkylation sites (tertiary alicyclic amines) is 2. The number of nitrogens with one attached hydrogen (secondary N) is 3. The zero-order chi connectivity index (χ0) is 35.8. The summed E-state index contributed by atoms with van der Waals surface area (Å²) in [6.07, 6.45) is 13.5. The molecule has 0 radical (unpaired) electrons. The number of aliphatic hydroxyl groups excluding tert-OH is 3. The van der Waals surface area contributed by atoms with E-state index in [1.807, 2.05) is 0 Å². The van der Waals surface area contributed by atoms with Crippen LogP contribution in [0.4, 0.5) is 8.78 Å². The third kappa shape index (κ3) is 13.1. The van der Waals surface area contributed by atoms with Gasteiger partial charge in [-0.15, -0.1) is 11.6 Å². The summed E-state index contributed by atoms with van der Waals surface area (Å²) in [6, 6.07) is 2.33. The lowest BCUT2D eigenvalue weighted by Gasteiger charge is -2.38. The highest BCUT2D eigenvalue weighted by Gasteiger charge is 2.32. The molecule has 1 amide bonds. The third-order valence-electron chi connectivity index (χ3n) is 10.9. The number of aliphatic hydroxyl groups is 3. The van der Waals surface area contributed by atoms with Crippen LogP contribution in [-0.4, -0.2) is 127 Å². The van der Waals surface area contributed by atoms with Crippen molar-refractivity contribution in [3.05, 3.63) is 29.3 Å². The molecule has 0 bridgehead atoms. The average Bonchev–Trinajstić information content (AvgIpc) is 3.61. The van der Waals surface area contributed by atoms with E-state index >= 15 is 0 Å². The summed E-state index contributed by atoms with van der Waals surface area (Å²) in [6.45, 7) is 5.09. The van der Waals surface area contributed by atoms with Gasteiger partial charge in [0, 0.05) is 50.4 Å². The molecule has 3 aliphatic rings. The zero-order valence-electron chi connectivity index (χ0n) is 29.8. The number of amides is 1. The molecule has 6 N–H and O–H groups in total. The molecule has 286 valence electrons. The molecule has 3 heterocycles. The highest BCUT2D eigenvalue weighted by atomic mass is 35.5. The largest absolute Gasteiger partial charge is 0.493 e. The van der Waals surface area contributed by atoms with E-state index < -0.39 is 37.0 Å². The van der Waals surface area contributed by atoms with Gasteiger partial charge in [-0.25, -0.2) is 8.78 Å².